The summed E-state index contributed by atoms with van der Waals surface area (Å²) in [5.74, 6) is 0.792. The van der Waals surface area contributed by atoms with Crippen LogP contribution in [0.2, 0.25) is 0 Å². The van der Waals surface area contributed by atoms with Crippen LogP contribution in [0.4, 0.5) is 0 Å². The summed E-state index contributed by atoms with van der Waals surface area (Å²) in [6, 6.07) is 8.98. The first-order valence-electron chi connectivity index (χ1n) is 8.99. The fourth-order valence-corrected chi connectivity index (χ4v) is 3.66. The van der Waals surface area contributed by atoms with Crippen LogP contribution in [0.15, 0.2) is 40.8 Å². The number of thiophene rings is 1. The van der Waals surface area contributed by atoms with Gasteiger partial charge in [0.05, 0.1) is 20.4 Å². The Kier molecular flexibility index (Phi) is 6.65. The second-order valence-electron chi connectivity index (χ2n) is 6.42. The van der Waals surface area contributed by atoms with Crippen molar-refractivity contribution >= 4 is 29.4 Å². The van der Waals surface area contributed by atoms with E-state index in [0.29, 0.717) is 43.0 Å². The molecular weight excluding hydrogens is 378 g/mol. The molecule has 1 aromatic heterocycles. The average Bonchev–Trinajstić information content (AvgIpc) is 3.26. The average molecular weight is 401 g/mol. The number of rotatable bonds is 6. The molecule has 1 saturated heterocycles. The van der Waals surface area contributed by atoms with Gasteiger partial charge in [0.15, 0.2) is 0 Å². The lowest BCUT2D eigenvalue weighted by atomic mass is 9.95. The predicted octanol–water partition coefficient (Wildman–Crippen LogP) is 2.77. The predicted molar refractivity (Wildman–Crippen MR) is 108 cm³/mol. The largest absolute Gasteiger partial charge is 0.497 e. The van der Waals surface area contributed by atoms with Gasteiger partial charge in [-0.25, -0.2) is 5.43 Å². The van der Waals surface area contributed by atoms with Gasteiger partial charge < -0.3 is 14.4 Å². The standard InChI is InChI=1S/C20H23N3O4S/c1-26-16-10-15(11-17(12-16)27-2)20(25)23-7-5-14(6-8-23)19(24)22-21-13-18-4-3-9-28-18/h3-4,9-14H,5-8H2,1-2H3,(H,22,24)/b21-13-. The Morgan fingerprint density at radius 3 is 2.43 bits per heavy atom. The Bertz CT molecular complexity index is 821. The number of benzene rings is 1. The van der Waals surface area contributed by atoms with Crippen molar-refractivity contribution in [1.29, 1.82) is 0 Å². The van der Waals surface area contributed by atoms with Crippen LogP contribution in [0, 0.1) is 5.92 Å². The fraction of sp³-hybridized carbons (Fsp3) is 0.350. The lowest BCUT2D eigenvalue weighted by molar-refractivity contribution is -0.126. The summed E-state index contributed by atoms with van der Waals surface area (Å²) in [5.41, 5.74) is 3.11. The number of piperidine rings is 1. The molecule has 7 nitrogen and oxygen atoms in total. The van der Waals surface area contributed by atoms with Crippen LogP contribution in [0.3, 0.4) is 0 Å². The minimum absolute atomic E-state index is 0.0909. The molecule has 2 amide bonds. The van der Waals surface area contributed by atoms with Gasteiger partial charge in [-0.2, -0.15) is 5.10 Å². The van der Waals surface area contributed by atoms with Crippen molar-refractivity contribution in [2.75, 3.05) is 27.3 Å². The van der Waals surface area contributed by atoms with Crippen molar-refractivity contribution in [2.24, 2.45) is 11.0 Å². The van der Waals surface area contributed by atoms with E-state index >= 15 is 0 Å². The summed E-state index contributed by atoms with van der Waals surface area (Å²) in [6.45, 7) is 1.04. The smallest absolute Gasteiger partial charge is 0.254 e. The number of carbonyl (C=O) groups is 2. The molecule has 0 aliphatic carbocycles. The lowest BCUT2D eigenvalue weighted by Crippen LogP contribution is -2.42. The quantitative estimate of drug-likeness (QED) is 0.596. The van der Waals surface area contributed by atoms with Gasteiger partial charge in [0.2, 0.25) is 5.91 Å². The maximum Gasteiger partial charge on any atom is 0.254 e. The van der Waals surface area contributed by atoms with Gasteiger partial charge in [-0.3, -0.25) is 9.59 Å². The Morgan fingerprint density at radius 1 is 1.18 bits per heavy atom. The summed E-state index contributed by atoms with van der Waals surface area (Å²) in [6.07, 6.45) is 2.85. The van der Waals surface area contributed by atoms with E-state index in [-0.39, 0.29) is 17.7 Å². The van der Waals surface area contributed by atoms with Crippen LogP contribution in [-0.4, -0.2) is 50.2 Å². The highest BCUT2D eigenvalue weighted by Gasteiger charge is 2.28. The molecule has 0 bridgehead atoms. The zero-order valence-electron chi connectivity index (χ0n) is 15.9. The molecule has 2 heterocycles. The Labute approximate surface area is 167 Å². The number of hydrazone groups is 1. The minimum Gasteiger partial charge on any atom is -0.497 e. The number of hydrogen-bond donors (Lipinski definition) is 1. The van der Waals surface area contributed by atoms with Crippen LogP contribution in [0.5, 0.6) is 11.5 Å². The second kappa shape index (κ2) is 9.36. The van der Waals surface area contributed by atoms with E-state index < -0.39 is 0 Å². The SMILES string of the molecule is COc1cc(OC)cc(C(=O)N2CCC(C(=O)N/N=C\c3cccs3)CC2)c1. The van der Waals surface area contributed by atoms with E-state index in [1.807, 2.05) is 17.5 Å². The molecule has 0 radical (unpaired) electrons. The molecule has 0 spiro atoms. The molecule has 3 rings (SSSR count). The maximum absolute atomic E-state index is 12.8. The number of amides is 2. The third-order valence-electron chi connectivity index (χ3n) is 4.66. The van der Waals surface area contributed by atoms with E-state index in [0.717, 1.165) is 4.88 Å². The zero-order valence-corrected chi connectivity index (χ0v) is 16.7. The minimum atomic E-state index is -0.149. The van der Waals surface area contributed by atoms with Crippen LogP contribution >= 0.6 is 11.3 Å². The molecule has 148 valence electrons. The number of nitrogens with one attached hydrogen (secondary N) is 1. The first-order valence-corrected chi connectivity index (χ1v) is 9.87. The van der Waals surface area contributed by atoms with Gasteiger partial charge in [-0.1, -0.05) is 6.07 Å². The second-order valence-corrected chi connectivity index (χ2v) is 7.40. The van der Waals surface area contributed by atoms with E-state index in [4.69, 9.17) is 9.47 Å². The van der Waals surface area contributed by atoms with Crippen LogP contribution in [0.25, 0.3) is 0 Å². The lowest BCUT2D eigenvalue weighted by Gasteiger charge is -2.31. The Balaban J connectivity index is 1.54. The normalized spacial score (nSPS) is 14.9. The topological polar surface area (TPSA) is 80.2 Å². The van der Waals surface area contributed by atoms with Gasteiger partial charge in [-0.15, -0.1) is 11.3 Å². The summed E-state index contributed by atoms with van der Waals surface area (Å²) >= 11 is 1.55. The van der Waals surface area contributed by atoms with Gasteiger partial charge in [0.25, 0.3) is 5.91 Å². The van der Waals surface area contributed by atoms with E-state index in [2.05, 4.69) is 10.5 Å². The maximum atomic E-state index is 12.8. The molecule has 1 N–H and O–H groups in total. The Hall–Kier alpha value is -2.87. The first-order chi connectivity index (χ1) is 13.6. The highest BCUT2D eigenvalue weighted by Crippen LogP contribution is 2.25. The van der Waals surface area contributed by atoms with Crippen molar-refractivity contribution in [2.45, 2.75) is 12.8 Å². The van der Waals surface area contributed by atoms with Gasteiger partial charge in [0, 0.05) is 35.5 Å². The van der Waals surface area contributed by atoms with Crippen molar-refractivity contribution in [1.82, 2.24) is 10.3 Å². The number of methoxy groups -OCH3 is 2. The molecule has 0 saturated carbocycles. The monoisotopic (exact) mass is 401 g/mol. The highest BCUT2D eigenvalue weighted by atomic mass is 32.1. The summed E-state index contributed by atoms with van der Waals surface area (Å²) < 4.78 is 10.5. The number of nitrogens with zero attached hydrogens (tertiary/aromatic N) is 2. The number of likely N-dealkylation sites (tertiary alicyclic amines) is 1. The molecule has 28 heavy (non-hydrogen) atoms. The molecular formula is C20H23N3O4S. The number of ether oxygens (including phenoxy) is 2. The molecule has 0 unspecified atom stereocenters. The summed E-state index contributed by atoms with van der Waals surface area (Å²) in [5, 5.41) is 5.96. The third-order valence-corrected chi connectivity index (χ3v) is 5.47. The highest BCUT2D eigenvalue weighted by molar-refractivity contribution is 7.11. The van der Waals surface area contributed by atoms with Crippen LogP contribution < -0.4 is 14.9 Å². The zero-order chi connectivity index (χ0) is 19.9. The molecule has 1 fully saturated rings. The van der Waals surface area contributed by atoms with Crippen molar-refractivity contribution in [3.63, 3.8) is 0 Å². The van der Waals surface area contributed by atoms with Crippen molar-refractivity contribution in [3.05, 3.63) is 46.2 Å². The first kappa shape index (κ1) is 19.9. The molecule has 1 aromatic carbocycles. The van der Waals surface area contributed by atoms with E-state index in [1.54, 1.807) is 54.9 Å². The number of hydrogen-bond acceptors (Lipinski definition) is 6. The van der Waals surface area contributed by atoms with Gasteiger partial charge in [-0.05, 0) is 36.4 Å². The summed E-state index contributed by atoms with van der Waals surface area (Å²) in [7, 11) is 3.10. The van der Waals surface area contributed by atoms with Gasteiger partial charge >= 0.3 is 0 Å². The Morgan fingerprint density at radius 2 is 1.86 bits per heavy atom. The van der Waals surface area contributed by atoms with Crippen LogP contribution in [0.1, 0.15) is 28.1 Å². The summed E-state index contributed by atoms with van der Waals surface area (Å²) in [4.78, 5) is 27.8. The van der Waals surface area contributed by atoms with Crippen molar-refractivity contribution in [3.8, 4) is 11.5 Å². The van der Waals surface area contributed by atoms with E-state index in [9.17, 15) is 9.59 Å². The molecule has 1 aliphatic heterocycles. The van der Waals surface area contributed by atoms with E-state index in [1.165, 1.54) is 0 Å². The van der Waals surface area contributed by atoms with Gasteiger partial charge in [0.1, 0.15) is 11.5 Å². The van der Waals surface area contributed by atoms with Crippen molar-refractivity contribution < 1.29 is 19.1 Å². The third kappa shape index (κ3) is 4.89. The number of carbonyl (C=O) groups excluding carboxylic acids is 2. The van der Waals surface area contributed by atoms with Crippen LogP contribution in [-0.2, 0) is 4.79 Å². The molecule has 0 atom stereocenters. The molecule has 8 heteroatoms. The molecule has 1 aliphatic rings. The molecule has 2 aromatic rings. The fourth-order valence-electron chi connectivity index (χ4n) is 3.07.